The van der Waals surface area contributed by atoms with Crippen molar-refractivity contribution >= 4 is 11.7 Å². The largest absolute Gasteiger partial charge is 0.480 e. The highest BCUT2D eigenvalue weighted by Crippen LogP contribution is 2.33. The van der Waals surface area contributed by atoms with Crippen LogP contribution in [0.3, 0.4) is 0 Å². The molecule has 1 rings (SSSR count). The van der Waals surface area contributed by atoms with Crippen LogP contribution in [0.1, 0.15) is 24.5 Å². The van der Waals surface area contributed by atoms with E-state index in [1.165, 1.54) is 7.11 Å². The summed E-state index contributed by atoms with van der Waals surface area (Å²) in [6.45, 7) is 1.81. The van der Waals surface area contributed by atoms with E-state index in [0.29, 0.717) is 0 Å². The normalized spacial score (nSPS) is 10.5. The van der Waals surface area contributed by atoms with Gasteiger partial charge in [-0.05, 0) is 12.5 Å². The molecule has 0 fully saturated rings. The van der Waals surface area contributed by atoms with Gasteiger partial charge in [-0.2, -0.15) is 0 Å². The zero-order valence-corrected chi connectivity index (χ0v) is 10.1. The first kappa shape index (κ1) is 14.1. The second-order valence-electron chi connectivity index (χ2n) is 3.40. The highest BCUT2D eigenvalue weighted by molar-refractivity contribution is 5.74. The zero-order valence-electron chi connectivity index (χ0n) is 10.1. The first-order chi connectivity index (χ1) is 8.51. The van der Waals surface area contributed by atoms with Gasteiger partial charge in [0.15, 0.2) is 0 Å². The topological polar surface area (TPSA) is 74.4 Å². The molecule has 0 unspecified atom stereocenters. The predicted octanol–water partition coefficient (Wildman–Crippen LogP) is 1.72. The van der Waals surface area contributed by atoms with E-state index in [9.17, 15) is 13.6 Å². The minimum Gasteiger partial charge on any atom is -0.480 e. The van der Waals surface area contributed by atoms with Crippen LogP contribution in [0.15, 0.2) is 6.20 Å². The molecule has 0 aliphatic heterocycles. The van der Waals surface area contributed by atoms with Crippen LogP contribution in [0.5, 0.6) is 5.88 Å². The van der Waals surface area contributed by atoms with Crippen LogP contribution in [0, 0.1) is 0 Å². The number of ether oxygens (including phenoxy) is 2. The first-order valence-electron chi connectivity index (χ1n) is 5.26. The van der Waals surface area contributed by atoms with Crippen LogP contribution in [-0.4, -0.2) is 24.7 Å². The summed E-state index contributed by atoms with van der Waals surface area (Å²) in [5.74, 6) is -0.691. The molecule has 0 aliphatic rings. The van der Waals surface area contributed by atoms with E-state index in [1.54, 1.807) is 6.92 Å². The van der Waals surface area contributed by atoms with E-state index in [1.807, 2.05) is 0 Å². The smallest absolute Gasteiger partial charge is 0.310 e. The maximum absolute atomic E-state index is 12.9. The number of nitrogens with two attached hydrogens (primary N) is 1. The number of anilines is 1. The lowest BCUT2D eigenvalue weighted by atomic mass is 10.1. The quantitative estimate of drug-likeness (QED) is 0.816. The highest BCUT2D eigenvalue weighted by Gasteiger charge is 2.22. The van der Waals surface area contributed by atoms with Gasteiger partial charge < -0.3 is 15.2 Å². The Labute approximate surface area is 103 Å². The molecule has 7 heteroatoms. The van der Waals surface area contributed by atoms with E-state index in [-0.39, 0.29) is 30.2 Å². The molecule has 1 aromatic heterocycles. The molecule has 0 spiro atoms. The van der Waals surface area contributed by atoms with Crippen molar-refractivity contribution in [2.75, 3.05) is 19.5 Å². The third-order valence-corrected chi connectivity index (χ3v) is 2.26. The van der Waals surface area contributed by atoms with E-state index in [2.05, 4.69) is 4.98 Å². The number of carbonyl (C=O) groups excluding carboxylic acids is 1. The van der Waals surface area contributed by atoms with Crippen molar-refractivity contribution in [1.82, 2.24) is 4.98 Å². The lowest BCUT2D eigenvalue weighted by Crippen LogP contribution is -2.12. The number of methoxy groups -OCH3 is 1. The molecule has 0 aromatic carbocycles. The summed E-state index contributed by atoms with van der Waals surface area (Å²) >= 11 is 0. The Bertz CT molecular complexity index is 439. The number of nitrogens with zero attached hydrogens (tertiary/aromatic N) is 1. The molecule has 0 saturated heterocycles. The first-order valence-corrected chi connectivity index (χ1v) is 5.26. The number of alkyl halides is 2. The fraction of sp³-hybridized carbons (Fsp3) is 0.455. The van der Waals surface area contributed by atoms with E-state index in [4.69, 9.17) is 15.2 Å². The van der Waals surface area contributed by atoms with Crippen LogP contribution in [0.4, 0.5) is 14.5 Å². The summed E-state index contributed by atoms with van der Waals surface area (Å²) in [4.78, 5) is 15.1. The third kappa shape index (κ3) is 3.06. The number of nitrogen functional groups attached to an aromatic ring is 1. The van der Waals surface area contributed by atoms with Gasteiger partial charge in [0.2, 0.25) is 5.88 Å². The molecule has 0 atom stereocenters. The average Bonchev–Trinajstić information content (AvgIpc) is 2.29. The Morgan fingerprint density at radius 3 is 2.72 bits per heavy atom. The number of aromatic nitrogens is 1. The van der Waals surface area contributed by atoms with Crippen LogP contribution < -0.4 is 10.5 Å². The number of hydrogen-bond acceptors (Lipinski definition) is 5. The lowest BCUT2D eigenvalue weighted by molar-refractivity contribution is -0.142. The lowest BCUT2D eigenvalue weighted by Gasteiger charge is -2.13. The Kier molecular flexibility index (Phi) is 4.82. The van der Waals surface area contributed by atoms with E-state index in [0.717, 1.165) is 6.20 Å². The monoisotopic (exact) mass is 260 g/mol. The van der Waals surface area contributed by atoms with Crippen molar-refractivity contribution in [3.8, 4) is 5.88 Å². The number of rotatable bonds is 5. The van der Waals surface area contributed by atoms with Crippen molar-refractivity contribution in [3.05, 3.63) is 17.3 Å². The molecule has 0 aliphatic carbocycles. The molecule has 0 bridgehead atoms. The van der Waals surface area contributed by atoms with Gasteiger partial charge in [-0.15, -0.1) is 0 Å². The Morgan fingerprint density at radius 2 is 2.22 bits per heavy atom. The van der Waals surface area contributed by atoms with Gasteiger partial charge >= 0.3 is 5.97 Å². The number of carbonyl (C=O) groups is 1. The second-order valence-corrected chi connectivity index (χ2v) is 3.40. The molecule has 18 heavy (non-hydrogen) atoms. The fourth-order valence-electron chi connectivity index (χ4n) is 1.49. The SMILES string of the molecule is CCOC(=O)Cc1cnc(OC)c(N)c1C(F)F. The molecule has 0 radical (unpaired) electrons. The number of halogens is 2. The summed E-state index contributed by atoms with van der Waals surface area (Å²) in [6, 6.07) is 0. The summed E-state index contributed by atoms with van der Waals surface area (Å²) < 4.78 is 35.3. The van der Waals surface area contributed by atoms with Crippen molar-refractivity contribution < 1.29 is 23.0 Å². The molecule has 100 valence electrons. The van der Waals surface area contributed by atoms with Gasteiger partial charge in [-0.1, -0.05) is 0 Å². The second kappa shape index (κ2) is 6.13. The van der Waals surface area contributed by atoms with Gasteiger partial charge in [0.05, 0.1) is 25.7 Å². The van der Waals surface area contributed by atoms with E-state index < -0.39 is 18.0 Å². The molecule has 5 nitrogen and oxygen atoms in total. The van der Waals surface area contributed by atoms with Crippen molar-refractivity contribution in [2.24, 2.45) is 0 Å². The predicted molar refractivity (Wildman–Crippen MR) is 60.5 cm³/mol. The molecule has 1 aromatic rings. The number of esters is 1. The third-order valence-electron chi connectivity index (χ3n) is 2.26. The fourth-order valence-corrected chi connectivity index (χ4v) is 1.49. The summed E-state index contributed by atoms with van der Waals surface area (Å²) in [6.07, 6.45) is -1.96. The molecule has 2 N–H and O–H groups in total. The molecular weight excluding hydrogens is 246 g/mol. The van der Waals surface area contributed by atoms with Gasteiger partial charge in [0.1, 0.15) is 5.69 Å². The maximum Gasteiger partial charge on any atom is 0.310 e. The van der Waals surface area contributed by atoms with Crippen LogP contribution in [-0.2, 0) is 16.0 Å². The summed E-state index contributed by atoms with van der Waals surface area (Å²) in [7, 11) is 1.28. The Balaban J connectivity index is 3.11. The van der Waals surface area contributed by atoms with Crippen LogP contribution >= 0.6 is 0 Å². The van der Waals surface area contributed by atoms with Crippen molar-refractivity contribution in [3.63, 3.8) is 0 Å². The zero-order chi connectivity index (χ0) is 13.7. The summed E-state index contributed by atoms with van der Waals surface area (Å²) in [5.41, 5.74) is 4.88. The molecular formula is C11H14F2N2O3. The maximum atomic E-state index is 12.9. The number of pyridine rings is 1. The molecule has 0 saturated carbocycles. The molecule has 1 heterocycles. The van der Waals surface area contributed by atoms with E-state index >= 15 is 0 Å². The van der Waals surface area contributed by atoms with Crippen LogP contribution in [0.2, 0.25) is 0 Å². The Morgan fingerprint density at radius 1 is 1.56 bits per heavy atom. The van der Waals surface area contributed by atoms with Gasteiger partial charge in [-0.3, -0.25) is 4.79 Å². The van der Waals surface area contributed by atoms with Gasteiger partial charge in [0, 0.05) is 6.20 Å². The standard InChI is InChI=1S/C11H14F2N2O3/c1-3-18-7(16)4-6-5-15-11(17-2)9(14)8(6)10(12)13/h5,10H,3-4,14H2,1-2H3. The number of hydrogen-bond donors (Lipinski definition) is 1. The minimum atomic E-state index is -2.81. The van der Waals surface area contributed by atoms with Crippen molar-refractivity contribution in [2.45, 2.75) is 19.8 Å². The summed E-state index contributed by atoms with van der Waals surface area (Å²) in [5, 5.41) is 0. The average molecular weight is 260 g/mol. The minimum absolute atomic E-state index is 0.0433. The molecule has 0 amide bonds. The van der Waals surface area contributed by atoms with Gasteiger partial charge in [-0.25, -0.2) is 13.8 Å². The van der Waals surface area contributed by atoms with Gasteiger partial charge in [0.25, 0.3) is 6.43 Å². The van der Waals surface area contributed by atoms with Crippen LogP contribution in [0.25, 0.3) is 0 Å². The Hall–Kier alpha value is -1.92. The highest BCUT2D eigenvalue weighted by atomic mass is 19.3. The van der Waals surface area contributed by atoms with Crippen molar-refractivity contribution in [1.29, 1.82) is 0 Å².